The number of hydrogen-bond donors (Lipinski definition) is 1. The predicted octanol–water partition coefficient (Wildman–Crippen LogP) is 3.63. The average Bonchev–Trinajstić information content (AvgIpc) is 2.96. The third-order valence-electron chi connectivity index (χ3n) is 2.92. The fourth-order valence-electron chi connectivity index (χ4n) is 1.94. The summed E-state index contributed by atoms with van der Waals surface area (Å²) in [4.78, 5) is 1.02. The number of para-hydroxylation sites is 1. The average molecular weight is 273 g/mol. The lowest BCUT2D eigenvalue weighted by atomic mass is 10.2. The van der Waals surface area contributed by atoms with Crippen LogP contribution >= 0.6 is 11.3 Å². The molecule has 0 aliphatic rings. The maximum Gasteiger partial charge on any atom is 0.148 e. The van der Waals surface area contributed by atoms with Gasteiger partial charge in [0.2, 0.25) is 0 Å². The minimum atomic E-state index is -0.320. The highest BCUT2D eigenvalue weighted by molar-refractivity contribution is 7.13. The largest absolute Gasteiger partial charge is 0.396 e. The molecule has 2 heterocycles. The number of hydrogen-bond acceptors (Lipinski definition) is 3. The highest BCUT2D eigenvalue weighted by Crippen LogP contribution is 2.32. The van der Waals surface area contributed by atoms with Crippen LogP contribution in [0.1, 0.15) is 5.56 Å². The molecule has 0 amide bonds. The standard InChI is InChI=1S/C14H12FN3S/c1-9-6-7-19-14(9)13-11(16)8-18(17-13)12-5-3-2-4-10(12)15/h2-8H,16H2,1H3. The van der Waals surface area contributed by atoms with Gasteiger partial charge in [-0.3, -0.25) is 0 Å². The van der Waals surface area contributed by atoms with Crippen LogP contribution < -0.4 is 5.73 Å². The number of anilines is 1. The van der Waals surface area contributed by atoms with E-state index in [1.165, 1.54) is 10.7 Å². The predicted molar refractivity (Wildman–Crippen MR) is 76.0 cm³/mol. The SMILES string of the molecule is Cc1ccsc1-c1nn(-c2ccccc2F)cc1N. The molecule has 1 aromatic carbocycles. The summed E-state index contributed by atoms with van der Waals surface area (Å²) in [6, 6.07) is 8.51. The van der Waals surface area contributed by atoms with Crippen molar-refractivity contribution in [2.45, 2.75) is 6.92 Å². The van der Waals surface area contributed by atoms with Gasteiger partial charge >= 0.3 is 0 Å². The zero-order valence-corrected chi connectivity index (χ0v) is 11.1. The molecule has 0 fully saturated rings. The van der Waals surface area contributed by atoms with Gasteiger partial charge in [-0.1, -0.05) is 12.1 Å². The Morgan fingerprint density at radius 2 is 2.05 bits per heavy atom. The van der Waals surface area contributed by atoms with Gasteiger partial charge in [-0.05, 0) is 36.1 Å². The summed E-state index contributed by atoms with van der Waals surface area (Å²) < 4.78 is 15.2. The molecule has 0 aliphatic carbocycles. The van der Waals surface area contributed by atoms with Crippen molar-refractivity contribution in [1.29, 1.82) is 0 Å². The maximum atomic E-state index is 13.7. The van der Waals surface area contributed by atoms with Gasteiger partial charge in [0.1, 0.15) is 17.2 Å². The molecule has 0 radical (unpaired) electrons. The molecular formula is C14H12FN3S. The zero-order valence-electron chi connectivity index (χ0n) is 10.3. The Kier molecular flexibility index (Phi) is 2.83. The Morgan fingerprint density at radius 3 is 2.74 bits per heavy atom. The van der Waals surface area contributed by atoms with Gasteiger partial charge in [-0.2, -0.15) is 5.10 Å². The fraction of sp³-hybridized carbons (Fsp3) is 0.0714. The van der Waals surface area contributed by atoms with Crippen LogP contribution in [0, 0.1) is 12.7 Å². The van der Waals surface area contributed by atoms with E-state index >= 15 is 0 Å². The molecule has 0 saturated heterocycles. The first kappa shape index (κ1) is 11.9. The maximum absolute atomic E-state index is 13.7. The molecule has 0 bridgehead atoms. The Balaban J connectivity index is 2.13. The van der Waals surface area contributed by atoms with Crippen LogP contribution in [0.4, 0.5) is 10.1 Å². The minimum Gasteiger partial charge on any atom is -0.396 e. The van der Waals surface area contributed by atoms with Gasteiger partial charge in [0, 0.05) is 0 Å². The Hall–Kier alpha value is -2.14. The number of nitrogen functional groups attached to an aromatic ring is 1. The van der Waals surface area contributed by atoms with Crippen LogP contribution in [0.2, 0.25) is 0 Å². The van der Waals surface area contributed by atoms with Gasteiger partial charge in [-0.15, -0.1) is 11.3 Å². The van der Waals surface area contributed by atoms with Crippen molar-refractivity contribution in [2.24, 2.45) is 0 Å². The molecule has 0 unspecified atom stereocenters. The monoisotopic (exact) mass is 273 g/mol. The summed E-state index contributed by atoms with van der Waals surface area (Å²) in [6.45, 7) is 2.01. The summed E-state index contributed by atoms with van der Waals surface area (Å²) >= 11 is 1.58. The molecule has 0 spiro atoms. The lowest BCUT2D eigenvalue weighted by molar-refractivity contribution is 0.611. The summed E-state index contributed by atoms with van der Waals surface area (Å²) in [6.07, 6.45) is 1.65. The molecule has 3 nitrogen and oxygen atoms in total. The molecule has 3 rings (SSSR count). The van der Waals surface area contributed by atoms with Crippen molar-refractivity contribution >= 4 is 17.0 Å². The molecule has 0 atom stereocenters. The Bertz CT molecular complexity index is 730. The van der Waals surface area contributed by atoms with E-state index in [0.717, 1.165) is 10.4 Å². The molecule has 2 aromatic heterocycles. The number of nitrogens with zero attached hydrogens (tertiary/aromatic N) is 2. The molecule has 19 heavy (non-hydrogen) atoms. The third kappa shape index (κ3) is 2.02. The minimum absolute atomic E-state index is 0.320. The van der Waals surface area contributed by atoms with Gasteiger partial charge in [0.15, 0.2) is 0 Å². The molecule has 2 N–H and O–H groups in total. The van der Waals surface area contributed by atoms with E-state index in [1.54, 1.807) is 35.7 Å². The van der Waals surface area contributed by atoms with Gasteiger partial charge in [0.05, 0.1) is 16.8 Å². The van der Waals surface area contributed by atoms with E-state index in [9.17, 15) is 4.39 Å². The van der Waals surface area contributed by atoms with Crippen LogP contribution in [0.25, 0.3) is 16.3 Å². The molecule has 5 heteroatoms. The fourth-order valence-corrected chi connectivity index (χ4v) is 2.87. The highest BCUT2D eigenvalue weighted by Gasteiger charge is 2.14. The summed E-state index contributed by atoms with van der Waals surface area (Å²) in [5.74, 6) is -0.320. The number of benzene rings is 1. The van der Waals surface area contributed by atoms with Gasteiger partial charge < -0.3 is 5.73 Å². The van der Waals surface area contributed by atoms with E-state index in [1.807, 2.05) is 18.4 Å². The molecule has 96 valence electrons. The first-order chi connectivity index (χ1) is 9.16. The quantitative estimate of drug-likeness (QED) is 0.774. The van der Waals surface area contributed by atoms with Crippen molar-refractivity contribution < 1.29 is 4.39 Å². The molecule has 0 saturated carbocycles. The van der Waals surface area contributed by atoms with E-state index in [2.05, 4.69) is 5.10 Å². The first-order valence-electron chi connectivity index (χ1n) is 5.81. The number of halogens is 1. The van der Waals surface area contributed by atoms with Gasteiger partial charge in [0.25, 0.3) is 0 Å². The number of rotatable bonds is 2. The second-order valence-corrected chi connectivity index (χ2v) is 5.18. The lowest BCUT2D eigenvalue weighted by Crippen LogP contribution is -1.97. The third-order valence-corrected chi connectivity index (χ3v) is 3.94. The van der Waals surface area contributed by atoms with Crippen LogP contribution in [-0.4, -0.2) is 9.78 Å². The number of aryl methyl sites for hydroxylation is 1. The normalized spacial score (nSPS) is 10.8. The van der Waals surface area contributed by atoms with Crippen molar-refractivity contribution in [3.63, 3.8) is 0 Å². The van der Waals surface area contributed by atoms with E-state index in [4.69, 9.17) is 5.73 Å². The molecule has 0 aliphatic heterocycles. The van der Waals surface area contributed by atoms with Crippen molar-refractivity contribution in [3.05, 3.63) is 53.3 Å². The van der Waals surface area contributed by atoms with E-state index in [0.29, 0.717) is 17.1 Å². The zero-order chi connectivity index (χ0) is 13.4. The highest BCUT2D eigenvalue weighted by atomic mass is 32.1. The molecular weight excluding hydrogens is 261 g/mol. The van der Waals surface area contributed by atoms with Crippen LogP contribution in [0.5, 0.6) is 0 Å². The van der Waals surface area contributed by atoms with Crippen molar-refractivity contribution in [1.82, 2.24) is 9.78 Å². The smallest absolute Gasteiger partial charge is 0.148 e. The van der Waals surface area contributed by atoms with Crippen molar-refractivity contribution in [3.8, 4) is 16.3 Å². The first-order valence-corrected chi connectivity index (χ1v) is 6.69. The number of nitrogens with two attached hydrogens (primary N) is 1. The van der Waals surface area contributed by atoms with Crippen LogP contribution in [0.15, 0.2) is 41.9 Å². The topological polar surface area (TPSA) is 43.8 Å². The second kappa shape index (κ2) is 4.51. The van der Waals surface area contributed by atoms with E-state index < -0.39 is 0 Å². The van der Waals surface area contributed by atoms with Crippen LogP contribution in [0.3, 0.4) is 0 Å². The Morgan fingerprint density at radius 1 is 1.26 bits per heavy atom. The van der Waals surface area contributed by atoms with Gasteiger partial charge in [-0.25, -0.2) is 9.07 Å². The molecule has 3 aromatic rings. The van der Waals surface area contributed by atoms with E-state index in [-0.39, 0.29) is 5.82 Å². The summed E-state index contributed by atoms with van der Waals surface area (Å²) in [5, 5.41) is 6.40. The number of thiophene rings is 1. The lowest BCUT2D eigenvalue weighted by Gasteiger charge is -2.01. The number of aromatic nitrogens is 2. The Labute approximate surface area is 114 Å². The summed E-state index contributed by atoms with van der Waals surface area (Å²) in [7, 11) is 0. The second-order valence-electron chi connectivity index (χ2n) is 4.26. The van der Waals surface area contributed by atoms with Crippen molar-refractivity contribution in [2.75, 3.05) is 5.73 Å². The summed E-state index contributed by atoms with van der Waals surface area (Å²) in [5.41, 5.74) is 8.76. The van der Waals surface area contributed by atoms with Crippen LogP contribution in [-0.2, 0) is 0 Å².